The summed E-state index contributed by atoms with van der Waals surface area (Å²) in [6.45, 7) is 3.56. The van der Waals surface area contributed by atoms with Crippen molar-refractivity contribution in [3.63, 3.8) is 0 Å². The summed E-state index contributed by atoms with van der Waals surface area (Å²) in [5, 5.41) is 35.4. The van der Waals surface area contributed by atoms with E-state index in [2.05, 4.69) is 21.3 Å². The molecular formula is C18H28N4O10. The fraction of sp³-hybridized carbons (Fsp3) is 0.611. The Kier molecular flexibility index (Phi) is 12.0. The summed E-state index contributed by atoms with van der Waals surface area (Å²) in [5.74, 6) is -7.02. The fourth-order valence-corrected chi connectivity index (χ4v) is 2.37. The minimum absolute atomic E-state index is 0.230. The highest BCUT2D eigenvalue weighted by Crippen LogP contribution is 2.02. The van der Waals surface area contributed by atoms with Crippen molar-refractivity contribution in [2.75, 3.05) is 0 Å². The van der Waals surface area contributed by atoms with Crippen LogP contribution in [0, 0.1) is 0 Å². The van der Waals surface area contributed by atoms with E-state index in [1.165, 1.54) is 13.8 Å². The molecule has 0 fully saturated rings. The van der Waals surface area contributed by atoms with Gasteiger partial charge in [0.2, 0.25) is 23.6 Å². The van der Waals surface area contributed by atoms with Gasteiger partial charge < -0.3 is 36.6 Å². The lowest BCUT2D eigenvalue weighted by molar-refractivity contribution is -0.142. The largest absolute Gasteiger partial charge is 0.481 e. The number of carbonyl (C=O) groups is 7. The zero-order valence-corrected chi connectivity index (χ0v) is 17.8. The van der Waals surface area contributed by atoms with E-state index in [-0.39, 0.29) is 12.8 Å². The van der Waals surface area contributed by atoms with Crippen LogP contribution in [0.15, 0.2) is 0 Å². The smallest absolute Gasteiger partial charge is 0.325 e. The molecule has 0 aromatic heterocycles. The van der Waals surface area contributed by atoms with Crippen LogP contribution in [0.25, 0.3) is 0 Å². The summed E-state index contributed by atoms with van der Waals surface area (Å²) in [6, 6.07) is -5.16. The molecule has 4 atom stereocenters. The molecule has 0 aromatic carbocycles. The maximum Gasteiger partial charge on any atom is 0.325 e. The molecule has 0 aliphatic carbocycles. The Balaban J connectivity index is 5.19. The monoisotopic (exact) mass is 460 g/mol. The van der Waals surface area contributed by atoms with E-state index in [4.69, 9.17) is 15.3 Å². The molecule has 0 aromatic rings. The van der Waals surface area contributed by atoms with E-state index in [1.807, 2.05) is 0 Å². The maximum atomic E-state index is 12.4. The van der Waals surface area contributed by atoms with Crippen molar-refractivity contribution in [3.8, 4) is 0 Å². The van der Waals surface area contributed by atoms with Crippen molar-refractivity contribution >= 4 is 41.5 Å². The van der Waals surface area contributed by atoms with Crippen molar-refractivity contribution in [1.29, 1.82) is 0 Å². The molecule has 7 N–H and O–H groups in total. The van der Waals surface area contributed by atoms with Crippen LogP contribution in [0.4, 0.5) is 0 Å². The molecule has 0 radical (unpaired) electrons. The average Bonchev–Trinajstić information content (AvgIpc) is 2.66. The van der Waals surface area contributed by atoms with Gasteiger partial charge in [-0.25, -0.2) is 0 Å². The van der Waals surface area contributed by atoms with Gasteiger partial charge in [0.15, 0.2) is 0 Å². The first-order chi connectivity index (χ1) is 14.7. The van der Waals surface area contributed by atoms with Gasteiger partial charge in [-0.2, -0.15) is 0 Å². The first-order valence-electron chi connectivity index (χ1n) is 9.59. The Labute approximate surface area is 183 Å². The van der Waals surface area contributed by atoms with Crippen LogP contribution in [0.1, 0.15) is 46.5 Å². The molecule has 4 amide bonds. The lowest BCUT2D eigenvalue weighted by Crippen LogP contribution is -2.56. The Morgan fingerprint density at radius 1 is 0.625 bits per heavy atom. The highest BCUT2D eigenvalue weighted by molar-refractivity contribution is 5.94. The quantitative estimate of drug-likeness (QED) is 0.148. The Hall–Kier alpha value is -3.71. The summed E-state index contributed by atoms with van der Waals surface area (Å²) >= 11 is 0. The highest BCUT2D eigenvalue weighted by Gasteiger charge is 2.28. The van der Waals surface area contributed by atoms with Gasteiger partial charge in [0.05, 0.1) is 0 Å². The fourth-order valence-electron chi connectivity index (χ4n) is 2.37. The normalized spacial score (nSPS) is 14.1. The minimum atomic E-state index is -1.39. The van der Waals surface area contributed by atoms with Crippen LogP contribution in [0.5, 0.6) is 0 Å². The van der Waals surface area contributed by atoms with Crippen molar-refractivity contribution in [2.24, 2.45) is 0 Å². The molecule has 14 heteroatoms. The number of amides is 4. The van der Waals surface area contributed by atoms with Gasteiger partial charge in [0, 0.05) is 19.8 Å². The Bertz CT molecular complexity index is 754. The summed E-state index contributed by atoms with van der Waals surface area (Å²) in [5.41, 5.74) is 0. The molecular weight excluding hydrogens is 432 g/mol. The van der Waals surface area contributed by atoms with Crippen molar-refractivity contribution in [1.82, 2.24) is 21.3 Å². The molecule has 0 saturated carbocycles. The third-order valence-electron chi connectivity index (χ3n) is 4.10. The van der Waals surface area contributed by atoms with Gasteiger partial charge in [-0.3, -0.25) is 33.6 Å². The standard InChI is InChI=1S/C18H28N4O10/c1-8(19-16(29)11(21-10(3)23)4-6-13(24)25)15(28)22-12(5-7-14(26)27)17(30)20-9(2)18(31)32/h8-9,11-12H,4-7H2,1-3H3,(H,19,29)(H,20,30)(H,21,23)(H,22,28)(H,24,25)(H,26,27)(H,31,32)/t8-,9-,11-,12-/m0/s1. The second-order valence-corrected chi connectivity index (χ2v) is 6.98. The summed E-state index contributed by atoms with van der Waals surface area (Å²) in [4.78, 5) is 80.7. The summed E-state index contributed by atoms with van der Waals surface area (Å²) in [7, 11) is 0. The van der Waals surface area contributed by atoms with Crippen LogP contribution >= 0.6 is 0 Å². The van der Waals surface area contributed by atoms with Crippen molar-refractivity contribution in [2.45, 2.75) is 70.6 Å². The zero-order chi connectivity index (χ0) is 25.0. The number of hydrogen-bond acceptors (Lipinski definition) is 7. The maximum absolute atomic E-state index is 12.4. The first-order valence-corrected chi connectivity index (χ1v) is 9.59. The predicted molar refractivity (Wildman–Crippen MR) is 106 cm³/mol. The van der Waals surface area contributed by atoms with E-state index in [9.17, 15) is 33.6 Å². The van der Waals surface area contributed by atoms with Crippen LogP contribution in [0.2, 0.25) is 0 Å². The molecule has 0 bridgehead atoms. The van der Waals surface area contributed by atoms with Gasteiger partial charge in [-0.05, 0) is 26.7 Å². The summed E-state index contributed by atoms with van der Waals surface area (Å²) < 4.78 is 0. The first kappa shape index (κ1) is 28.3. The molecule has 0 saturated heterocycles. The number of carboxylic acid groups (broad SMARTS) is 3. The average molecular weight is 460 g/mol. The second-order valence-electron chi connectivity index (χ2n) is 6.98. The van der Waals surface area contributed by atoms with Crippen LogP contribution in [-0.4, -0.2) is 81.0 Å². The third kappa shape index (κ3) is 11.5. The Morgan fingerprint density at radius 3 is 1.41 bits per heavy atom. The van der Waals surface area contributed by atoms with E-state index in [1.54, 1.807) is 0 Å². The molecule has 0 unspecified atom stereocenters. The van der Waals surface area contributed by atoms with Crippen molar-refractivity contribution in [3.05, 3.63) is 0 Å². The van der Waals surface area contributed by atoms with Gasteiger partial charge >= 0.3 is 17.9 Å². The van der Waals surface area contributed by atoms with Crippen molar-refractivity contribution < 1.29 is 48.9 Å². The number of hydrogen-bond donors (Lipinski definition) is 7. The molecule has 0 aliphatic heterocycles. The lowest BCUT2D eigenvalue weighted by atomic mass is 10.1. The molecule has 14 nitrogen and oxygen atoms in total. The van der Waals surface area contributed by atoms with Gasteiger partial charge in [-0.15, -0.1) is 0 Å². The molecule has 0 aliphatic rings. The topological polar surface area (TPSA) is 228 Å². The number of aliphatic carboxylic acids is 3. The number of nitrogens with one attached hydrogen (secondary N) is 4. The number of carbonyl (C=O) groups excluding carboxylic acids is 4. The van der Waals surface area contributed by atoms with E-state index in [0.29, 0.717) is 0 Å². The number of carboxylic acids is 3. The SMILES string of the molecule is CC(=O)N[C@@H](CCC(=O)O)C(=O)N[C@@H](C)C(=O)N[C@@H](CCC(=O)O)C(=O)N[C@@H](C)C(=O)O. The zero-order valence-electron chi connectivity index (χ0n) is 17.8. The van der Waals surface area contributed by atoms with Gasteiger partial charge in [0.25, 0.3) is 0 Å². The van der Waals surface area contributed by atoms with Crippen LogP contribution in [-0.2, 0) is 33.6 Å². The molecule has 180 valence electrons. The lowest BCUT2D eigenvalue weighted by Gasteiger charge is -2.23. The minimum Gasteiger partial charge on any atom is -0.481 e. The third-order valence-corrected chi connectivity index (χ3v) is 4.10. The number of rotatable bonds is 14. The predicted octanol–water partition coefficient (Wildman–Crippen LogP) is -2.20. The van der Waals surface area contributed by atoms with Crippen LogP contribution < -0.4 is 21.3 Å². The van der Waals surface area contributed by atoms with E-state index < -0.39 is 78.5 Å². The highest BCUT2D eigenvalue weighted by atomic mass is 16.4. The second kappa shape index (κ2) is 13.6. The van der Waals surface area contributed by atoms with E-state index in [0.717, 1.165) is 6.92 Å². The van der Waals surface area contributed by atoms with Gasteiger partial charge in [-0.1, -0.05) is 0 Å². The Morgan fingerprint density at radius 2 is 1.03 bits per heavy atom. The molecule has 0 rings (SSSR count). The summed E-state index contributed by atoms with van der Waals surface area (Å²) in [6.07, 6.45) is -1.49. The molecule has 32 heavy (non-hydrogen) atoms. The molecule has 0 spiro atoms. The van der Waals surface area contributed by atoms with Gasteiger partial charge in [0.1, 0.15) is 24.2 Å². The van der Waals surface area contributed by atoms with Crippen LogP contribution in [0.3, 0.4) is 0 Å². The van der Waals surface area contributed by atoms with E-state index >= 15 is 0 Å². The molecule has 0 heterocycles.